The van der Waals surface area contributed by atoms with E-state index in [2.05, 4.69) is 26.2 Å². The molecule has 0 bridgehead atoms. The number of nitrogens with zero attached hydrogens (tertiary/aromatic N) is 1. The van der Waals surface area contributed by atoms with E-state index in [4.69, 9.17) is 5.11 Å². The zero-order valence-corrected chi connectivity index (χ0v) is 14.3. The number of benzene rings is 1. The lowest BCUT2D eigenvalue weighted by atomic mass is 10.0. The van der Waals surface area contributed by atoms with Crippen molar-refractivity contribution in [2.75, 3.05) is 6.54 Å². The summed E-state index contributed by atoms with van der Waals surface area (Å²) in [6.07, 6.45) is 0.525. The van der Waals surface area contributed by atoms with Crippen LogP contribution in [0.15, 0.2) is 34.1 Å². The number of carbonyl (C=O) groups is 2. The largest absolute Gasteiger partial charge is 0.476 e. The molecule has 0 saturated carbocycles. The van der Waals surface area contributed by atoms with Crippen molar-refractivity contribution in [3.05, 3.63) is 50.4 Å². The minimum atomic E-state index is -1.03. The number of carboxylic acid groups (broad SMARTS) is 1. The predicted octanol–water partition coefficient (Wildman–Crippen LogP) is 3.07. The van der Waals surface area contributed by atoms with Crippen LogP contribution in [0, 0.1) is 0 Å². The Morgan fingerprint density at radius 2 is 2.05 bits per heavy atom. The molecule has 0 saturated heterocycles. The number of hydrogen-bond donors (Lipinski definition) is 2. The summed E-state index contributed by atoms with van der Waals surface area (Å²) in [6.45, 7) is 2.29. The van der Waals surface area contributed by atoms with Gasteiger partial charge >= 0.3 is 5.97 Å². The zero-order valence-electron chi connectivity index (χ0n) is 11.9. The van der Waals surface area contributed by atoms with Crippen molar-refractivity contribution >= 4 is 39.1 Å². The fraction of sp³-hybridized carbons (Fsp3) is 0.267. The summed E-state index contributed by atoms with van der Waals surface area (Å²) in [6, 6.07) is 7.63. The second-order valence-corrected chi connectivity index (χ2v) is 6.60. The van der Waals surface area contributed by atoms with Gasteiger partial charge in [-0.2, -0.15) is 0 Å². The van der Waals surface area contributed by atoms with Gasteiger partial charge in [0.25, 0.3) is 0 Å². The lowest BCUT2D eigenvalue weighted by molar-refractivity contribution is -0.122. The molecule has 1 aromatic carbocycles. The van der Waals surface area contributed by atoms with Crippen LogP contribution in [0.2, 0.25) is 0 Å². The second kappa shape index (κ2) is 7.51. The molecule has 0 fully saturated rings. The predicted molar refractivity (Wildman–Crippen MR) is 88.3 cm³/mol. The summed E-state index contributed by atoms with van der Waals surface area (Å²) in [5.74, 6) is -1.33. The Bertz CT molecular complexity index is 670. The van der Waals surface area contributed by atoms with Crippen molar-refractivity contribution in [1.29, 1.82) is 0 Å². The van der Waals surface area contributed by atoms with Crippen molar-refractivity contribution in [3.63, 3.8) is 0 Å². The van der Waals surface area contributed by atoms with E-state index in [9.17, 15) is 9.59 Å². The summed E-state index contributed by atoms with van der Waals surface area (Å²) < 4.78 is 0.974. The Hall–Kier alpha value is -1.73. The maximum atomic E-state index is 12.1. The van der Waals surface area contributed by atoms with Gasteiger partial charge in [0.05, 0.1) is 10.9 Å². The number of aromatic carboxylic acids is 1. The van der Waals surface area contributed by atoms with Gasteiger partial charge in [0, 0.05) is 22.8 Å². The molecule has 1 atom stereocenters. The average Bonchev–Trinajstić information content (AvgIpc) is 2.96. The third-order valence-electron chi connectivity index (χ3n) is 3.17. The van der Waals surface area contributed by atoms with Crippen LogP contribution in [0.3, 0.4) is 0 Å². The van der Waals surface area contributed by atoms with E-state index in [1.54, 1.807) is 0 Å². The minimum absolute atomic E-state index is 0.0505. The molecular formula is C15H15BrN2O3S. The molecule has 0 spiro atoms. The molecule has 2 aromatic rings. The first-order valence-corrected chi connectivity index (χ1v) is 8.35. The highest BCUT2D eigenvalue weighted by molar-refractivity contribution is 9.10. The Labute approximate surface area is 140 Å². The third kappa shape index (κ3) is 4.38. The van der Waals surface area contributed by atoms with Gasteiger partial charge in [0.1, 0.15) is 0 Å². The van der Waals surface area contributed by atoms with E-state index in [0.717, 1.165) is 10.0 Å². The number of thiazole rings is 1. The summed E-state index contributed by atoms with van der Waals surface area (Å²) in [7, 11) is 0. The van der Waals surface area contributed by atoms with Crippen LogP contribution in [0.25, 0.3) is 0 Å². The Balaban J connectivity index is 1.84. The number of carbonyl (C=O) groups excluding carboxylic acids is 1. The Kier molecular flexibility index (Phi) is 5.68. The Morgan fingerprint density at radius 3 is 2.64 bits per heavy atom. The van der Waals surface area contributed by atoms with E-state index in [1.807, 2.05) is 31.2 Å². The zero-order chi connectivity index (χ0) is 16.1. The summed E-state index contributed by atoms with van der Waals surface area (Å²) in [4.78, 5) is 26.8. The van der Waals surface area contributed by atoms with Gasteiger partial charge < -0.3 is 10.4 Å². The fourth-order valence-electron chi connectivity index (χ4n) is 1.87. The Morgan fingerprint density at radius 1 is 1.36 bits per heavy atom. The van der Waals surface area contributed by atoms with Crippen LogP contribution in [0.1, 0.15) is 33.9 Å². The number of halogens is 1. The number of nitrogens with one attached hydrogen (secondary N) is 1. The van der Waals surface area contributed by atoms with Crippen molar-refractivity contribution in [2.45, 2.75) is 19.3 Å². The molecule has 0 aliphatic heterocycles. The highest BCUT2D eigenvalue weighted by Crippen LogP contribution is 2.18. The molecule has 1 heterocycles. The highest BCUT2D eigenvalue weighted by Gasteiger charge is 2.15. The van der Waals surface area contributed by atoms with Gasteiger partial charge in [-0.3, -0.25) is 4.79 Å². The first-order valence-electron chi connectivity index (χ1n) is 6.68. The molecule has 1 unspecified atom stereocenters. The van der Waals surface area contributed by atoms with Gasteiger partial charge in [0.2, 0.25) is 5.91 Å². The monoisotopic (exact) mass is 382 g/mol. The molecule has 0 radical (unpaired) electrons. The number of rotatable bonds is 6. The summed E-state index contributed by atoms with van der Waals surface area (Å²) in [5.41, 5.74) is 0.998. The van der Waals surface area contributed by atoms with Crippen LogP contribution >= 0.6 is 27.3 Å². The number of aromatic nitrogens is 1. The number of carboxylic acids is 1. The number of amides is 1. The van der Waals surface area contributed by atoms with Gasteiger partial charge in [-0.15, -0.1) is 11.3 Å². The molecule has 22 heavy (non-hydrogen) atoms. The van der Waals surface area contributed by atoms with E-state index in [1.165, 1.54) is 16.7 Å². The smallest absolute Gasteiger partial charge is 0.355 e. The second-order valence-electron chi connectivity index (χ2n) is 4.75. The van der Waals surface area contributed by atoms with Crippen molar-refractivity contribution < 1.29 is 14.7 Å². The van der Waals surface area contributed by atoms with E-state index in [-0.39, 0.29) is 17.5 Å². The van der Waals surface area contributed by atoms with Crippen LogP contribution in [-0.4, -0.2) is 28.5 Å². The lowest BCUT2D eigenvalue weighted by Gasteiger charge is -2.12. The third-order valence-corrected chi connectivity index (χ3v) is 4.61. The minimum Gasteiger partial charge on any atom is -0.476 e. The topological polar surface area (TPSA) is 79.3 Å². The molecule has 1 amide bonds. The first kappa shape index (κ1) is 16.6. The molecule has 5 nitrogen and oxygen atoms in total. The van der Waals surface area contributed by atoms with Crippen molar-refractivity contribution in [2.24, 2.45) is 0 Å². The van der Waals surface area contributed by atoms with Gasteiger partial charge in [-0.1, -0.05) is 28.1 Å². The van der Waals surface area contributed by atoms with Crippen molar-refractivity contribution in [1.82, 2.24) is 10.3 Å². The lowest BCUT2D eigenvalue weighted by Crippen LogP contribution is -2.29. The number of hydrogen-bond acceptors (Lipinski definition) is 4. The molecule has 2 rings (SSSR count). The normalized spacial score (nSPS) is 11.9. The first-order chi connectivity index (χ1) is 10.5. The molecule has 116 valence electrons. The van der Waals surface area contributed by atoms with Crippen molar-refractivity contribution in [3.8, 4) is 0 Å². The molecule has 0 aliphatic carbocycles. The summed E-state index contributed by atoms with van der Waals surface area (Å²) in [5, 5.41) is 13.9. The van der Waals surface area contributed by atoms with Crippen LogP contribution in [0.5, 0.6) is 0 Å². The highest BCUT2D eigenvalue weighted by atomic mass is 79.9. The maximum absolute atomic E-state index is 12.1. The average molecular weight is 383 g/mol. The molecule has 2 N–H and O–H groups in total. The summed E-state index contributed by atoms with van der Waals surface area (Å²) >= 11 is 4.65. The van der Waals surface area contributed by atoms with Crippen LogP contribution in [0.4, 0.5) is 0 Å². The van der Waals surface area contributed by atoms with Crippen LogP contribution < -0.4 is 5.32 Å². The van der Waals surface area contributed by atoms with E-state index < -0.39 is 5.97 Å². The van der Waals surface area contributed by atoms with Crippen LogP contribution in [-0.2, 0) is 11.2 Å². The quantitative estimate of drug-likeness (QED) is 0.804. The van der Waals surface area contributed by atoms with Gasteiger partial charge in [0.15, 0.2) is 5.69 Å². The van der Waals surface area contributed by atoms with Gasteiger partial charge in [-0.25, -0.2) is 9.78 Å². The molecular weight excluding hydrogens is 368 g/mol. The van der Waals surface area contributed by atoms with Gasteiger partial charge in [-0.05, 0) is 24.6 Å². The molecule has 7 heteroatoms. The fourth-order valence-corrected chi connectivity index (χ4v) is 2.91. The standard InChI is InChI=1S/C15H15BrN2O3S/c1-9(10-2-4-11(16)5-3-10)14(19)17-7-6-13-18-12(8-22-13)15(20)21/h2-5,8-9H,6-7H2,1H3,(H,17,19)(H,20,21). The van der Waals surface area contributed by atoms with E-state index >= 15 is 0 Å². The molecule has 1 aromatic heterocycles. The maximum Gasteiger partial charge on any atom is 0.355 e. The van der Waals surface area contributed by atoms with E-state index in [0.29, 0.717) is 18.0 Å². The SMILES string of the molecule is CC(C(=O)NCCc1nc(C(=O)O)cs1)c1ccc(Br)cc1. The molecule has 0 aliphatic rings.